The summed E-state index contributed by atoms with van der Waals surface area (Å²) >= 11 is 3.48. The van der Waals surface area contributed by atoms with E-state index < -0.39 is 5.60 Å². The van der Waals surface area contributed by atoms with Crippen LogP contribution in [0.1, 0.15) is 49.3 Å². The molecule has 0 N–H and O–H groups in total. The Balaban J connectivity index is 2.08. The zero-order valence-electron chi connectivity index (χ0n) is 19.1. The molecule has 2 aromatic carbocycles. The van der Waals surface area contributed by atoms with Crippen molar-refractivity contribution in [3.05, 3.63) is 75.9 Å². The highest BCUT2D eigenvalue weighted by Gasteiger charge is 2.20. The summed E-state index contributed by atoms with van der Waals surface area (Å²) in [6.45, 7) is 9.61. The molecule has 0 radical (unpaired) electrons. The molecule has 5 nitrogen and oxygen atoms in total. The molecule has 32 heavy (non-hydrogen) atoms. The molecule has 0 unspecified atom stereocenters. The molecule has 0 spiro atoms. The highest BCUT2D eigenvalue weighted by atomic mass is 79.9. The number of hydrogen-bond donors (Lipinski definition) is 0. The number of ether oxygens (including phenoxy) is 2. The van der Waals surface area contributed by atoms with E-state index in [0.717, 1.165) is 32.7 Å². The number of esters is 2. The number of aryl methyl sites for hydroxylation is 1. The number of aromatic nitrogens is 1. The van der Waals surface area contributed by atoms with Crippen molar-refractivity contribution in [1.82, 2.24) is 4.57 Å². The van der Waals surface area contributed by atoms with Gasteiger partial charge in [0.15, 0.2) is 0 Å². The second kappa shape index (κ2) is 9.74. The van der Waals surface area contributed by atoms with E-state index in [0.29, 0.717) is 12.2 Å². The van der Waals surface area contributed by atoms with Gasteiger partial charge in [0.1, 0.15) is 5.60 Å². The van der Waals surface area contributed by atoms with E-state index in [1.54, 1.807) is 13.0 Å². The second-order valence-electron chi connectivity index (χ2n) is 8.54. The summed E-state index contributed by atoms with van der Waals surface area (Å²) in [7, 11) is 0. The van der Waals surface area contributed by atoms with Crippen molar-refractivity contribution in [1.29, 1.82) is 0 Å². The van der Waals surface area contributed by atoms with E-state index in [1.807, 2.05) is 80.8 Å². The SMILES string of the molecule is CCOC(=O)Cc1ccc(-c2ccc(Br)cc2)n1-c1ccc(C(=O)OC(C)(C)C)cc1C. The fourth-order valence-corrected chi connectivity index (χ4v) is 3.74. The lowest BCUT2D eigenvalue weighted by molar-refractivity contribution is -0.142. The topological polar surface area (TPSA) is 57.5 Å². The molecule has 0 fully saturated rings. The largest absolute Gasteiger partial charge is 0.466 e. The summed E-state index contributed by atoms with van der Waals surface area (Å²) < 4.78 is 13.7. The van der Waals surface area contributed by atoms with Crippen molar-refractivity contribution < 1.29 is 19.1 Å². The molecule has 0 amide bonds. The molecule has 0 aliphatic rings. The van der Waals surface area contributed by atoms with E-state index in [-0.39, 0.29) is 18.4 Å². The minimum atomic E-state index is -0.564. The first-order valence-electron chi connectivity index (χ1n) is 10.6. The normalized spacial score (nSPS) is 11.3. The van der Waals surface area contributed by atoms with Crippen LogP contribution in [-0.4, -0.2) is 28.7 Å². The van der Waals surface area contributed by atoms with E-state index in [4.69, 9.17) is 9.47 Å². The summed E-state index contributed by atoms with van der Waals surface area (Å²) in [6.07, 6.45) is 0.150. The van der Waals surface area contributed by atoms with Gasteiger partial charge in [-0.15, -0.1) is 0 Å². The molecule has 6 heteroatoms. The maximum atomic E-state index is 12.5. The highest BCUT2D eigenvalue weighted by Crippen LogP contribution is 2.30. The predicted molar refractivity (Wildman–Crippen MR) is 129 cm³/mol. The van der Waals surface area contributed by atoms with Gasteiger partial charge in [-0.25, -0.2) is 4.79 Å². The lowest BCUT2D eigenvalue weighted by atomic mass is 10.1. The molecule has 0 bridgehead atoms. The van der Waals surface area contributed by atoms with Crippen molar-refractivity contribution in [2.24, 2.45) is 0 Å². The Hall–Kier alpha value is -2.86. The van der Waals surface area contributed by atoms with E-state index in [2.05, 4.69) is 15.9 Å². The Bertz CT molecular complexity index is 1120. The molecule has 0 aliphatic heterocycles. The molecule has 1 aromatic heterocycles. The monoisotopic (exact) mass is 497 g/mol. The Morgan fingerprint density at radius 1 is 1.00 bits per heavy atom. The van der Waals surface area contributed by atoms with Gasteiger partial charge in [0, 0.05) is 15.9 Å². The summed E-state index contributed by atoms with van der Waals surface area (Å²) in [5.41, 5.74) is 4.49. The van der Waals surface area contributed by atoms with Crippen LogP contribution >= 0.6 is 15.9 Å². The van der Waals surface area contributed by atoms with Gasteiger partial charge in [-0.3, -0.25) is 4.79 Å². The number of nitrogens with zero attached hydrogens (tertiary/aromatic N) is 1. The molecule has 0 saturated carbocycles. The lowest BCUT2D eigenvalue weighted by Crippen LogP contribution is -2.24. The first-order valence-corrected chi connectivity index (χ1v) is 11.3. The molecule has 0 saturated heterocycles. The summed E-state index contributed by atoms with van der Waals surface area (Å²) in [5, 5.41) is 0. The highest BCUT2D eigenvalue weighted by molar-refractivity contribution is 9.10. The van der Waals surface area contributed by atoms with Crippen LogP contribution in [0, 0.1) is 6.92 Å². The quantitative estimate of drug-likeness (QED) is 0.376. The number of hydrogen-bond acceptors (Lipinski definition) is 4. The van der Waals surface area contributed by atoms with E-state index in [9.17, 15) is 9.59 Å². The van der Waals surface area contributed by atoms with Crippen molar-refractivity contribution in [3.63, 3.8) is 0 Å². The smallest absolute Gasteiger partial charge is 0.338 e. The molecular weight excluding hydrogens is 470 g/mol. The molecule has 1 heterocycles. The maximum absolute atomic E-state index is 12.5. The third-order valence-electron chi connectivity index (χ3n) is 4.80. The Labute approximate surface area is 197 Å². The van der Waals surface area contributed by atoms with Crippen LogP contribution in [0.4, 0.5) is 0 Å². The number of carbonyl (C=O) groups is 2. The molecule has 0 atom stereocenters. The summed E-state index contributed by atoms with van der Waals surface area (Å²) in [4.78, 5) is 24.8. The van der Waals surface area contributed by atoms with E-state index in [1.165, 1.54) is 0 Å². The zero-order valence-corrected chi connectivity index (χ0v) is 20.7. The Morgan fingerprint density at radius 2 is 1.69 bits per heavy atom. The first kappa shape index (κ1) is 23.8. The van der Waals surface area contributed by atoms with Crippen LogP contribution in [0.2, 0.25) is 0 Å². The fourth-order valence-electron chi connectivity index (χ4n) is 3.48. The minimum absolute atomic E-state index is 0.150. The standard InChI is InChI=1S/C26H28BrNO4/c1-6-31-24(29)16-21-12-14-23(18-7-10-20(27)11-8-18)28(21)22-13-9-19(15-17(22)2)25(30)32-26(3,4)5/h7-15H,6,16H2,1-5H3. The third-order valence-corrected chi connectivity index (χ3v) is 5.33. The first-order chi connectivity index (χ1) is 15.1. The molecular formula is C26H28BrNO4. The van der Waals surface area contributed by atoms with Gasteiger partial charge in [-0.2, -0.15) is 0 Å². The van der Waals surface area contributed by atoms with E-state index >= 15 is 0 Å². The van der Waals surface area contributed by atoms with Gasteiger partial charge in [0.25, 0.3) is 0 Å². The minimum Gasteiger partial charge on any atom is -0.466 e. The Kier molecular flexibility index (Phi) is 7.24. The number of carbonyl (C=O) groups excluding carboxylic acids is 2. The molecule has 168 valence electrons. The maximum Gasteiger partial charge on any atom is 0.338 e. The molecule has 0 aliphatic carbocycles. The molecule has 3 aromatic rings. The number of halogens is 1. The summed E-state index contributed by atoms with van der Waals surface area (Å²) in [5.74, 6) is -0.642. The van der Waals surface area contributed by atoms with Crippen molar-refractivity contribution in [2.45, 2.75) is 46.6 Å². The average Bonchev–Trinajstić information content (AvgIpc) is 3.10. The summed E-state index contributed by atoms with van der Waals surface area (Å²) in [6, 6.07) is 17.4. The van der Waals surface area contributed by atoms with Gasteiger partial charge in [0.05, 0.1) is 24.3 Å². The fraction of sp³-hybridized carbons (Fsp3) is 0.308. The Morgan fingerprint density at radius 3 is 2.28 bits per heavy atom. The van der Waals surface area contributed by atoms with Gasteiger partial charge >= 0.3 is 11.9 Å². The lowest BCUT2D eigenvalue weighted by Gasteiger charge is -2.20. The van der Waals surface area contributed by atoms with Crippen LogP contribution < -0.4 is 0 Å². The van der Waals surface area contributed by atoms with Gasteiger partial charge in [0.2, 0.25) is 0 Å². The second-order valence-corrected chi connectivity index (χ2v) is 9.45. The van der Waals surface area contributed by atoms with Crippen molar-refractivity contribution >= 4 is 27.9 Å². The van der Waals surface area contributed by atoms with Gasteiger partial charge in [-0.05, 0) is 88.2 Å². The van der Waals surface area contributed by atoms with Crippen LogP contribution in [-0.2, 0) is 20.7 Å². The third kappa shape index (κ3) is 5.68. The van der Waals surface area contributed by atoms with Crippen molar-refractivity contribution in [2.75, 3.05) is 6.61 Å². The predicted octanol–water partition coefficient (Wildman–Crippen LogP) is 6.28. The average molecular weight is 498 g/mol. The van der Waals surface area contributed by atoms with Crippen LogP contribution in [0.3, 0.4) is 0 Å². The van der Waals surface area contributed by atoms with Gasteiger partial charge < -0.3 is 14.0 Å². The van der Waals surface area contributed by atoms with Crippen LogP contribution in [0.25, 0.3) is 16.9 Å². The molecule has 3 rings (SSSR count). The van der Waals surface area contributed by atoms with Crippen molar-refractivity contribution in [3.8, 4) is 16.9 Å². The zero-order chi connectivity index (χ0) is 23.5. The number of rotatable bonds is 6. The van der Waals surface area contributed by atoms with Crippen LogP contribution in [0.15, 0.2) is 59.1 Å². The van der Waals surface area contributed by atoms with Gasteiger partial charge in [-0.1, -0.05) is 28.1 Å². The number of benzene rings is 2. The van der Waals surface area contributed by atoms with Crippen LogP contribution in [0.5, 0.6) is 0 Å².